The summed E-state index contributed by atoms with van der Waals surface area (Å²) in [6.45, 7) is 3.18. The molecule has 1 aliphatic rings. The number of anilines is 1. The predicted molar refractivity (Wildman–Crippen MR) is 77.0 cm³/mol. The smallest absolute Gasteiger partial charge is 0.180 e. The maximum atomic E-state index is 5.68. The van der Waals surface area contributed by atoms with E-state index in [9.17, 15) is 0 Å². The first kappa shape index (κ1) is 12.6. The Morgan fingerprint density at radius 3 is 3.05 bits per heavy atom. The average molecular weight is 277 g/mol. The Hall–Kier alpha value is -1.40. The van der Waals surface area contributed by atoms with Crippen molar-refractivity contribution in [1.82, 2.24) is 19.4 Å². The van der Waals surface area contributed by atoms with Crippen molar-refractivity contribution >= 4 is 16.5 Å². The van der Waals surface area contributed by atoms with E-state index in [1.807, 2.05) is 18.6 Å². The van der Waals surface area contributed by atoms with E-state index >= 15 is 0 Å². The molecule has 2 N–H and O–H groups in total. The molecule has 0 aromatic carbocycles. The molecule has 1 atom stereocenters. The Morgan fingerprint density at radius 1 is 1.47 bits per heavy atom. The summed E-state index contributed by atoms with van der Waals surface area (Å²) >= 11 is 1.59. The number of likely N-dealkylation sites (tertiary alicyclic amines) is 1. The van der Waals surface area contributed by atoms with Crippen molar-refractivity contribution in [2.24, 2.45) is 7.05 Å². The van der Waals surface area contributed by atoms with E-state index in [0.717, 1.165) is 19.6 Å². The van der Waals surface area contributed by atoms with Crippen LogP contribution >= 0.6 is 11.3 Å². The third-order valence-electron chi connectivity index (χ3n) is 3.68. The van der Waals surface area contributed by atoms with E-state index < -0.39 is 0 Å². The fourth-order valence-electron chi connectivity index (χ4n) is 2.80. The molecule has 2 aromatic heterocycles. The van der Waals surface area contributed by atoms with Crippen molar-refractivity contribution in [2.75, 3.05) is 18.8 Å². The number of piperidine rings is 1. The van der Waals surface area contributed by atoms with Crippen LogP contribution in [0.1, 0.15) is 29.5 Å². The van der Waals surface area contributed by atoms with Crippen LogP contribution in [0.3, 0.4) is 0 Å². The summed E-state index contributed by atoms with van der Waals surface area (Å²) in [6.07, 6.45) is 8.26. The highest BCUT2D eigenvalue weighted by Crippen LogP contribution is 2.27. The standard InChI is InChI=1S/C13H19N5S/c1-17-6-4-15-12(17)10-3-2-5-18(8-10)9-11-7-16-13(14)19-11/h4,6-7,10H,2-3,5,8-9H2,1H3,(H2,14,16). The molecule has 0 radical (unpaired) electrons. The number of hydrogen-bond acceptors (Lipinski definition) is 5. The van der Waals surface area contributed by atoms with Gasteiger partial charge in [0.1, 0.15) is 5.82 Å². The third kappa shape index (κ3) is 2.79. The molecule has 0 spiro atoms. The minimum absolute atomic E-state index is 0.541. The second-order valence-electron chi connectivity index (χ2n) is 5.14. The van der Waals surface area contributed by atoms with E-state index in [0.29, 0.717) is 11.0 Å². The minimum Gasteiger partial charge on any atom is -0.375 e. The quantitative estimate of drug-likeness (QED) is 0.930. The lowest BCUT2D eigenvalue weighted by atomic mass is 9.97. The molecule has 3 heterocycles. The lowest BCUT2D eigenvalue weighted by molar-refractivity contribution is 0.196. The molecule has 3 rings (SSSR count). The number of nitrogen functional groups attached to an aromatic ring is 1. The Bertz CT molecular complexity index is 547. The fourth-order valence-corrected chi connectivity index (χ4v) is 3.52. The fraction of sp³-hybridized carbons (Fsp3) is 0.538. The zero-order chi connectivity index (χ0) is 13.2. The van der Waals surface area contributed by atoms with Gasteiger partial charge in [0.15, 0.2) is 5.13 Å². The van der Waals surface area contributed by atoms with Crippen LogP contribution < -0.4 is 5.73 Å². The molecule has 5 nitrogen and oxygen atoms in total. The molecule has 1 fully saturated rings. The Morgan fingerprint density at radius 2 is 2.37 bits per heavy atom. The van der Waals surface area contributed by atoms with Crippen LogP contribution in [0.4, 0.5) is 5.13 Å². The molecule has 0 aliphatic carbocycles. The molecular formula is C13H19N5S. The lowest BCUT2D eigenvalue weighted by Crippen LogP contribution is -2.34. The number of nitrogens with zero attached hydrogens (tertiary/aromatic N) is 4. The molecule has 0 saturated carbocycles. The Labute approximate surface area is 117 Å². The molecular weight excluding hydrogens is 258 g/mol. The average Bonchev–Trinajstić information content (AvgIpc) is 2.99. The van der Waals surface area contributed by atoms with E-state index in [4.69, 9.17) is 5.73 Å². The highest BCUT2D eigenvalue weighted by Gasteiger charge is 2.24. The van der Waals surface area contributed by atoms with Crippen LogP contribution in [-0.2, 0) is 13.6 Å². The van der Waals surface area contributed by atoms with E-state index in [2.05, 4.69) is 26.5 Å². The van der Waals surface area contributed by atoms with Crippen molar-refractivity contribution in [3.63, 3.8) is 0 Å². The monoisotopic (exact) mass is 277 g/mol. The molecule has 6 heteroatoms. The number of thiazole rings is 1. The lowest BCUT2D eigenvalue weighted by Gasteiger charge is -2.31. The predicted octanol–water partition coefficient (Wildman–Crippen LogP) is 1.84. The zero-order valence-corrected chi connectivity index (χ0v) is 11.9. The summed E-state index contributed by atoms with van der Waals surface area (Å²) in [5, 5.41) is 0.660. The summed E-state index contributed by atoms with van der Waals surface area (Å²) < 4.78 is 2.14. The van der Waals surface area contributed by atoms with Crippen LogP contribution in [0.25, 0.3) is 0 Å². The second-order valence-corrected chi connectivity index (χ2v) is 6.28. The summed E-state index contributed by atoms with van der Waals surface area (Å²) in [7, 11) is 2.07. The normalized spacial score (nSPS) is 20.8. The first-order valence-electron chi connectivity index (χ1n) is 6.62. The summed E-state index contributed by atoms with van der Waals surface area (Å²) in [6, 6.07) is 0. The highest BCUT2D eigenvalue weighted by atomic mass is 32.1. The van der Waals surface area contributed by atoms with Gasteiger partial charge in [-0.2, -0.15) is 0 Å². The molecule has 0 bridgehead atoms. The van der Waals surface area contributed by atoms with E-state index in [-0.39, 0.29) is 0 Å². The molecule has 19 heavy (non-hydrogen) atoms. The van der Waals surface area contributed by atoms with Gasteiger partial charge in [0.2, 0.25) is 0 Å². The molecule has 1 aliphatic heterocycles. The molecule has 102 valence electrons. The third-order valence-corrected chi connectivity index (χ3v) is 4.49. The summed E-state index contributed by atoms with van der Waals surface area (Å²) in [4.78, 5) is 12.3. The molecule has 2 aromatic rings. The van der Waals surface area contributed by atoms with Gasteiger partial charge in [-0.3, -0.25) is 4.90 Å². The first-order valence-corrected chi connectivity index (χ1v) is 7.44. The van der Waals surface area contributed by atoms with Crippen LogP contribution in [0, 0.1) is 0 Å². The van der Waals surface area contributed by atoms with Gasteiger partial charge in [0.25, 0.3) is 0 Å². The van der Waals surface area contributed by atoms with Crippen molar-refractivity contribution in [3.8, 4) is 0 Å². The van der Waals surface area contributed by atoms with Gasteiger partial charge in [0.05, 0.1) is 0 Å². The van der Waals surface area contributed by atoms with Crippen molar-refractivity contribution in [3.05, 3.63) is 29.3 Å². The van der Waals surface area contributed by atoms with Gasteiger partial charge in [0, 0.05) is 49.5 Å². The second kappa shape index (κ2) is 5.30. The highest BCUT2D eigenvalue weighted by molar-refractivity contribution is 7.15. The van der Waals surface area contributed by atoms with Crippen molar-refractivity contribution in [2.45, 2.75) is 25.3 Å². The Balaban J connectivity index is 1.66. The molecule has 1 saturated heterocycles. The summed E-state index contributed by atoms with van der Waals surface area (Å²) in [5.74, 6) is 1.74. The van der Waals surface area contributed by atoms with Gasteiger partial charge in [-0.05, 0) is 19.4 Å². The van der Waals surface area contributed by atoms with E-state index in [1.165, 1.54) is 23.5 Å². The van der Waals surface area contributed by atoms with Gasteiger partial charge in [-0.15, -0.1) is 11.3 Å². The van der Waals surface area contributed by atoms with Gasteiger partial charge in [-0.25, -0.2) is 9.97 Å². The van der Waals surface area contributed by atoms with Crippen molar-refractivity contribution < 1.29 is 0 Å². The molecule has 0 amide bonds. The van der Waals surface area contributed by atoms with Crippen LogP contribution in [0.2, 0.25) is 0 Å². The van der Waals surface area contributed by atoms with Gasteiger partial charge in [-0.1, -0.05) is 0 Å². The number of imidazole rings is 1. The zero-order valence-electron chi connectivity index (χ0n) is 11.1. The maximum Gasteiger partial charge on any atom is 0.180 e. The first-order chi connectivity index (χ1) is 9.22. The van der Waals surface area contributed by atoms with Crippen LogP contribution in [-0.4, -0.2) is 32.5 Å². The summed E-state index contributed by atoms with van der Waals surface area (Å²) in [5.41, 5.74) is 5.68. The van der Waals surface area contributed by atoms with Crippen LogP contribution in [0.5, 0.6) is 0 Å². The topological polar surface area (TPSA) is 60.0 Å². The minimum atomic E-state index is 0.541. The van der Waals surface area contributed by atoms with Crippen LogP contribution in [0.15, 0.2) is 18.6 Å². The maximum absolute atomic E-state index is 5.68. The number of aromatic nitrogens is 3. The Kier molecular flexibility index (Phi) is 3.52. The van der Waals surface area contributed by atoms with Crippen molar-refractivity contribution in [1.29, 1.82) is 0 Å². The number of aryl methyl sites for hydroxylation is 1. The number of nitrogens with two attached hydrogens (primary N) is 1. The van der Waals surface area contributed by atoms with Gasteiger partial charge >= 0.3 is 0 Å². The SMILES string of the molecule is Cn1ccnc1C1CCCN(Cc2cnc(N)s2)C1. The van der Waals surface area contributed by atoms with E-state index in [1.54, 1.807) is 11.3 Å². The number of hydrogen-bond donors (Lipinski definition) is 1. The van der Waals surface area contributed by atoms with Gasteiger partial charge < -0.3 is 10.3 Å². The molecule has 1 unspecified atom stereocenters. The number of rotatable bonds is 3. The largest absolute Gasteiger partial charge is 0.375 e.